The van der Waals surface area contributed by atoms with E-state index in [0.29, 0.717) is 26.0 Å². The van der Waals surface area contributed by atoms with E-state index in [-0.39, 0.29) is 17.8 Å². The third-order valence-electron chi connectivity index (χ3n) is 8.50. The van der Waals surface area contributed by atoms with E-state index in [1.54, 1.807) is 0 Å². The van der Waals surface area contributed by atoms with Crippen LogP contribution in [0, 0.1) is 17.3 Å². The Hall–Kier alpha value is -3.35. The second kappa shape index (κ2) is 9.72. The fraction of sp³-hybridized carbons (Fsp3) is 0.464. The summed E-state index contributed by atoms with van der Waals surface area (Å²) in [6.45, 7) is 3.74. The third kappa shape index (κ3) is 4.07. The molecule has 2 aromatic rings. The van der Waals surface area contributed by atoms with Crippen molar-refractivity contribution < 1.29 is 33.3 Å². The molecule has 5 rings (SSSR count). The second-order valence-electron chi connectivity index (χ2n) is 10.1. The topological polar surface area (TPSA) is 88.1 Å². The number of carbonyl (C=O) groups excluding carboxylic acids is 3. The van der Waals surface area contributed by atoms with E-state index in [1.165, 1.54) is 11.1 Å². The molecule has 0 bridgehead atoms. The highest BCUT2D eigenvalue weighted by Crippen LogP contribution is 2.62. The smallest absolute Gasteiger partial charge is 0.293 e. The van der Waals surface area contributed by atoms with Gasteiger partial charge in [-0.3, -0.25) is 14.4 Å². The number of ether oxygens (including phenoxy) is 4. The number of carbonyl (C=O) groups is 3. The van der Waals surface area contributed by atoms with Crippen LogP contribution in [0.2, 0.25) is 0 Å². The first-order valence-corrected chi connectivity index (χ1v) is 12.2. The summed E-state index contributed by atoms with van der Waals surface area (Å²) >= 11 is 0. The Morgan fingerprint density at radius 1 is 0.914 bits per heavy atom. The first-order valence-electron chi connectivity index (χ1n) is 12.2. The Morgan fingerprint density at radius 3 is 2.40 bits per heavy atom. The number of rotatable bonds is 9. The highest BCUT2D eigenvalue weighted by Gasteiger charge is 2.66. The Morgan fingerprint density at radius 2 is 1.66 bits per heavy atom. The van der Waals surface area contributed by atoms with Crippen molar-refractivity contribution in [1.29, 1.82) is 0 Å². The first-order chi connectivity index (χ1) is 17.1. The SMILES string of the molecule is C[C@]12CC[C@@H]3c4ccc(OCc5ccccc5)cc4CC[C@H]3[C@@H]1[C@@H](OC=O)[C@@H](OC=O)[C@@H]2OC=O. The fourth-order valence-corrected chi connectivity index (χ4v) is 7.10. The summed E-state index contributed by atoms with van der Waals surface area (Å²) < 4.78 is 22.4. The van der Waals surface area contributed by atoms with Crippen molar-refractivity contribution in [2.45, 2.75) is 63.4 Å². The van der Waals surface area contributed by atoms with Crippen molar-refractivity contribution in [1.82, 2.24) is 0 Å². The Bertz CT molecular complexity index is 1070. The van der Waals surface area contributed by atoms with Gasteiger partial charge in [0.15, 0.2) is 6.10 Å². The van der Waals surface area contributed by atoms with Gasteiger partial charge >= 0.3 is 0 Å². The van der Waals surface area contributed by atoms with E-state index in [1.807, 2.05) is 36.4 Å². The van der Waals surface area contributed by atoms with E-state index in [4.69, 9.17) is 18.9 Å². The minimum atomic E-state index is -0.813. The highest BCUT2D eigenvalue weighted by atomic mass is 16.6. The number of hydrogen-bond acceptors (Lipinski definition) is 7. The molecule has 0 N–H and O–H groups in total. The molecular weight excluding hydrogens is 448 g/mol. The van der Waals surface area contributed by atoms with Crippen molar-refractivity contribution in [3.05, 3.63) is 65.2 Å². The molecule has 0 aliphatic heterocycles. The zero-order valence-electron chi connectivity index (χ0n) is 19.7. The molecule has 0 amide bonds. The average Bonchev–Trinajstić information content (AvgIpc) is 3.11. The summed E-state index contributed by atoms with van der Waals surface area (Å²) in [5, 5.41) is 0. The largest absolute Gasteiger partial charge is 0.489 e. The van der Waals surface area contributed by atoms with Crippen LogP contribution in [0.15, 0.2) is 48.5 Å². The van der Waals surface area contributed by atoms with Gasteiger partial charge < -0.3 is 18.9 Å². The average molecular weight is 479 g/mol. The van der Waals surface area contributed by atoms with E-state index in [9.17, 15) is 14.4 Å². The molecular formula is C28H30O7. The molecule has 35 heavy (non-hydrogen) atoms. The minimum absolute atomic E-state index is 0.0940. The predicted octanol–water partition coefficient (Wildman–Crippen LogP) is 3.97. The molecule has 2 fully saturated rings. The maximum Gasteiger partial charge on any atom is 0.293 e. The summed E-state index contributed by atoms with van der Waals surface area (Å²) in [7, 11) is 0. The van der Waals surface area contributed by atoms with Gasteiger partial charge in [-0.05, 0) is 66.3 Å². The number of aryl methyl sites for hydroxylation is 1. The lowest BCUT2D eigenvalue weighted by Gasteiger charge is -2.50. The molecule has 0 radical (unpaired) electrons. The molecule has 184 valence electrons. The molecule has 0 unspecified atom stereocenters. The van der Waals surface area contributed by atoms with Crippen LogP contribution in [0.5, 0.6) is 5.75 Å². The van der Waals surface area contributed by atoms with Gasteiger partial charge in [0.05, 0.1) is 0 Å². The quantitative estimate of drug-likeness (QED) is 0.398. The molecule has 0 heterocycles. The zero-order valence-corrected chi connectivity index (χ0v) is 19.7. The number of fused-ring (bicyclic) bond motifs is 5. The second-order valence-corrected chi connectivity index (χ2v) is 10.1. The Labute approximate surface area is 204 Å². The third-order valence-corrected chi connectivity index (χ3v) is 8.50. The monoisotopic (exact) mass is 478 g/mol. The van der Waals surface area contributed by atoms with Crippen LogP contribution in [0.1, 0.15) is 48.8 Å². The molecule has 0 aromatic heterocycles. The van der Waals surface area contributed by atoms with Crippen LogP contribution in [0.4, 0.5) is 0 Å². The molecule has 0 spiro atoms. The van der Waals surface area contributed by atoms with Crippen molar-refractivity contribution in [3.63, 3.8) is 0 Å². The fourth-order valence-electron chi connectivity index (χ4n) is 7.10. The molecule has 3 aliphatic rings. The summed E-state index contributed by atoms with van der Waals surface area (Å²) in [6, 6.07) is 16.4. The lowest BCUT2D eigenvalue weighted by molar-refractivity contribution is -0.163. The minimum Gasteiger partial charge on any atom is -0.489 e. The molecule has 7 atom stereocenters. The van der Waals surface area contributed by atoms with Gasteiger partial charge in [-0.2, -0.15) is 0 Å². The number of hydrogen-bond donors (Lipinski definition) is 0. The number of benzene rings is 2. The van der Waals surface area contributed by atoms with Gasteiger partial charge in [0.1, 0.15) is 24.6 Å². The van der Waals surface area contributed by atoms with E-state index in [0.717, 1.165) is 37.0 Å². The van der Waals surface area contributed by atoms with Crippen molar-refractivity contribution in [2.24, 2.45) is 17.3 Å². The van der Waals surface area contributed by atoms with Crippen molar-refractivity contribution in [3.8, 4) is 5.75 Å². The van der Waals surface area contributed by atoms with Crippen molar-refractivity contribution in [2.75, 3.05) is 0 Å². The van der Waals surface area contributed by atoms with E-state index < -0.39 is 23.7 Å². The molecule has 2 aromatic carbocycles. The Balaban J connectivity index is 1.41. The van der Waals surface area contributed by atoms with E-state index in [2.05, 4.69) is 19.1 Å². The van der Waals surface area contributed by atoms with Crippen LogP contribution < -0.4 is 4.74 Å². The van der Waals surface area contributed by atoms with Gasteiger partial charge in [0.25, 0.3) is 19.4 Å². The van der Waals surface area contributed by atoms with Gasteiger partial charge in [-0.15, -0.1) is 0 Å². The van der Waals surface area contributed by atoms with E-state index >= 15 is 0 Å². The van der Waals surface area contributed by atoms with Gasteiger partial charge in [-0.1, -0.05) is 43.3 Å². The molecule has 2 saturated carbocycles. The summed E-state index contributed by atoms with van der Waals surface area (Å²) in [5.74, 6) is 1.25. The van der Waals surface area contributed by atoms with Crippen LogP contribution in [-0.4, -0.2) is 37.7 Å². The lowest BCUT2D eigenvalue weighted by Crippen LogP contribution is -2.47. The lowest BCUT2D eigenvalue weighted by atomic mass is 9.55. The summed E-state index contributed by atoms with van der Waals surface area (Å²) in [5.41, 5.74) is 3.25. The maximum absolute atomic E-state index is 11.4. The standard InChI is InChI=1S/C28H30O7/c1-28-12-11-22-21-10-8-20(32-14-18-5-3-2-4-6-18)13-19(21)7-9-23(22)24(28)25(33-15-29)26(34-16-30)27(28)35-17-31/h2-6,8,10,13,15-17,22-27H,7,9,11-12,14H2,1H3/t22-,23-,24-,25-,26-,27+,28+/m1/s1. The molecule has 3 aliphatic carbocycles. The summed E-state index contributed by atoms with van der Waals surface area (Å²) in [6.07, 6.45) is 1.33. The van der Waals surface area contributed by atoms with Crippen LogP contribution in [0.25, 0.3) is 0 Å². The molecule has 7 nitrogen and oxygen atoms in total. The predicted molar refractivity (Wildman–Crippen MR) is 125 cm³/mol. The first kappa shape index (κ1) is 23.4. The van der Waals surface area contributed by atoms with Gasteiger partial charge in [0.2, 0.25) is 0 Å². The van der Waals surface area contributed by atoms with Crippen molar-refractivity contribution >= 4 is 19.4 Å². The highest BCUT2D eigenvalue weighted by molar-refractivity contribution is 5.45. The zero-order chi connectivity index (χ0) is 24.4. The van der Waals surface area contributed by atoms with Gasteiger partial charge in [0, 0.05) is 11.3 Å². The molecule has 0 saturated heterocycles. The van der Waals surface area contributed by atoms with Crippen LogP contribution in [0.3, 0.4) is 0 Å². The molecule has 7 heteroatoms. The van der Waals surface area contributed by atoms with Crippen LogP contribution in [-0.2, 0) is 41.6 Å². The maximum atomic E-state index is 11.4. The normalized spacial score (nSPS) is 32.8. The van der Waals surface area contributed by atoms with Gasteiger partial charge in [-0.25, -0.2) is 0 Å². The Kier molecular flexibility index (Phi) is 6.50. The summed E-state index contributed by atoms with van der Waals surface area (Å²) in [4.78, 5) is 34.0. The van der Waals surface area contributed by atoms with Crippen LogP contribution >= 0.6 is 0 Å².